The predicted molar refractivity (Wildman–Crippen MR) is 57.4 cm³/mol. The number of carbonyl (C=O) groups is 1. The van der Waals surface area contributed by atoms with Gasteiger partial charge in [-0.2, -0.15) is 0 Å². The van der Waals surface area contributed by atoms with Crippen molar-refractivity contribution in [3.8, 4) is 0 Å². The highest BCUT2D eigenvalue weighted by Gasteiger charge is 2.43. The van der Waals surface area contributed by atoms with Crippen LogP contribution in [-0.4, -0.2) is 30.2 Å². The van der Waals surface area contributed by atoms with Crippen LogP contribution in [0.15, 0.2) is 0 Å². The van der Waals surface area contributed by atoms with Gasteiger partial charge in [-0.25, -0.2) is 0 Å². The lowest BCUT2D eigenvalue weighted by atomic mass is 9.76. The average Bonchev–Trinajstić information content (AvgIpc) is 2.14. The van der Waals surface area contributed by atoms with Crippen molar-refractivity contribution in [1.82, 2.24) is 5.32 Å². The molecule has 15 heavy (non-hydrogen) atoms. The van der Waals surface area contributed by atoms with Crippen LogP contribution in [0.3, 0.4) is 0 Å². The Morgan fingerprint density at radius 3 is 2.53 bits per heavy atom. The van der Waals surface area contributed by atoms with Crippen LogP contribution in [0.5, 0.6) is 0 Å². The first-order valence-corrected chi connectivity index (χ1v) is 5.73. The zero-order valence-electron chi connectivity index (χ0n) is 9.34. The molecular weight excluding hydrogens is 192 g/mol. The quantitative estimate of drug-likeness (QED) is 0.702. The van der Waals surface area contributed by atoms with Gasteiger partial charge in [0.15, 0.2) is 0 Å². The van der Waals surface area contributed by atoms with Crippen molar-refractivity contribution in [3.63, 3.8) is 0 Å². The molecule has 1 saturated carbocycles. The van der Waals surface area contributed by atoms with E-state index in [0.29, 0.717) is 6.61 Å². The van der Waals surface area contributed by atoms with E-state index in [1.165, 1.54) is 0 Å². The van der Waals surface area contributed by atoms with Crippen LogP contribution in [0, 0.1) is 0 Å². The largest absolute Gasteiger partial charge is 0.379 e. The van der Waals surface area contributed by atoms with Gasteiger partial charge >= 0.3 is 0 Å². The van der Waals surface area contributed by atoms with Crippen molar-refractivity contribution < 1.29 is 9.53 Å². The number of ether oxygens (including phenoxy) is 1. The standard InChI is InChI=1S/C11H20N2O2/c1-10(4-3-7-15-8-10)13-9(14)11(12)5-2-6-11/h2-8,12H2,1H3,(H,13,14). The molecule has 0 aromatic carbocycles. The fourth-order valence-corrected chi connectivity index (χ4v) is 2.22. The number of nitrogens with two attached hydrogens (primary N) is 1. The summed E-state index contributed by atoms with van der Waals surface area (Å²) in [5, 5.41) is 3.05. The lowest BCUT2D eigenvalue weighted by molar-refractivity contribution is -0.132. The smallest absolute Gasteiger partial charge is 0.240 e. The Morgan fingerprint density at radius 1 is 1.33 bits per heavy atom. The minimum Gasteiger partial charge on any atom is -0.379 e. The summed E-state index contributed by atoms with van der Waals surface area (Å²) in [5.74, 6) is 0.00162. The molecule has 3 N–H and O–H groups in total. The molecular formula is C11H20N2O2. The zero-order chi connectivity index (χ0) is 10.9. The van der Waals surface area contributed by atoms with Gasteiger partial charge in [-0.05, 0) is 39.0 Å². The first kappa shape index (κ1) is 10.9. The normalized spacial score (nSPS) is 34.3. The Balaban J connectivity index is 1.92. The van der Waals surface area contributed by atoms with E-state index in [2.05, 4.69) is 5.32 Å². The Bertz CT molecular complexity index is 255. The summed E-state index contributed by atoms with van der Waals surface area (Å²) in [6.45, 7) is 3.44. The number of hydrogen-bond donors (Lipinski definition) is 2. The minimum atomic E-state index is -0.597. The summed E-state index contributed by atoms with van der Waals surface area (Å²) in [6.07, 6.45) is 4.69. The maximum atomic E-state index is 11.9. The number of carbonyl (C=O) groups excluding carboxylic acids is 1. The van der Waals surface area contributed by atoms with E-state index in [1.54, 1.807) is 0 Å². The molecule has 1 saturated heterocycles. The molecule has 0 bridgehead atoms. The molecule has 1 amide bonds. The third-order valence-corrected chi connectivity index (χ3v) is 3.55. The van der Waals surface area contributed by atoms with Crippen molar-refractivity contribution in [2.75, 3.05) is 13.2 Å². The summed E-state index contributed by atoms with van der Waals surface area (Å²) < 4.78 is 5.39. The van der Waals surface area contributed by atoms with Crippen LogP contribution in [-0.2, 0) is 9.53 Å². The van der Waals surface area contributed by atoms with Gasteiger partial charge in [0.05, 0.1) is 17.7 Å². The van der Waals surface area contributed by atoms with E-state index >= 15 is 0 Å². The summed E-state index contributed by atoms with van der Waals surface area (Å²) in [5.41, 5.74) is 5.16. The molecule has 0 aromatic heterocycles. The van der Waals surface area contributed by atoms with Gasteiger partial charge < -0.3 is 15.8 Å². The molecule has 0 radical (unpaired) electrons. The third kappa shape index (κ3) is 2.16. The second-order valence-electron chi connectivity index (χ2n) is 5.18. The maximum absolute atomic E-state index is 11.9. The van der Waals surface area contributed by atoms with Gasteiger partial charge in [0.2, 0.25) is 5.91 Å². The van der Waals surface area contributed by atoms with E-state index in [0.717, 1.165) is 38.7 Å². The van der Waals surface area contributed by atoms with Crippen molar-refractivity contribution >= 4 is 5.91 Å². The molecule has 4 nitrogen and oxygen atoms in total. The summed E-state index contributed by atoms with van der Waals surface area (Å²) in [4.78, 5) is 11.9. The molecule has 1 atom stereocenters. The van der Waals surface area contributed by atoms with E-state index < -0.39 is 5.54 Å². The monoisotopic (exact) mass is 212 g/mol. The van der Waals surface area contributed by atoms with Crippen LogP contribution >= 0.6 is 0 Å². The van der Waals surface area contributed by atoms with Gasteiger partial charge in [-0.1, -0.05) is 0 Å². The molecule has 1 unspecified atom stereocenters. The second-order valence-corrected chi connectivity index (χ2v) is 5.18. The minimum absolute atomic E-state index is 0.00162. The maximum Gasteiger partial charge on any atom is 0.240 e. The zero-order valence-corrected chi connectivity index (χ0v) is 9.34. The Morgan fingerprint density at radius 2 is 2.07 bits per heavy atom. The predicted octanol–water partition coefficient (Wildman–Crippen LogP) is 0.553. The fourth-order valence-electron chi connectivity index (χ4n) is 2.22. The van der Waals surface area contributed by atoms with Crippen LogP contribution < -0.4 is 11.1 Å². The Labute approximate surface area is 90.5 Å². The fraction of sp³-hybridized carbons (Fsp3) is 0.909. The number of rotatable bonds is 2. The van der Waals surface area contributed by atoms with Crippen molar-refractivity contribution in [2.45, 2.75) is 50.1 Å². The van der Waals surface area contributed by atoms with Gasteiger partial charge in [0, 0.05) is 6.61 Å². The third-order valence-electron chi connectivity index (χ3n) is 3.55. The van der Waals surface area contributed by atoms with Crippen molar-refractivity contribution in [3.05, 3.63) is 0 Å². The second kappa shape index (κ2) is 3.76. The number of hydrogen-bond acceptors (Lipinski definition) is 3. The topological polar surface area (TPSA) is 64.4 Å². The summed E-state index contributed by atoms with van der Waals surface area (Å²) >= 11 is 0. The molecule has 2 aliphatic rings. The number of amides is 1. The average molecular weight is 212 g/mol. The van der Waals surface area contributed by atoms with Gasteiger partial charge in [0.25, 0.3) is 0 Å². The van der Waals surface area contributed by atoms with E-state index in [-0.39, 0.29) is 11.4 Å². The van der Waals surface area contributed by atoms with Gasteiger partial charge in [0.1, 0.15) is 0 Å². The molecule has 0 spiro atoms. The van der Waals surface area contributed by atoms with Crippen LogP contribution in [0.2, 0.25) is 0 Å². The number of nitrogens with one attached hydrogen (secondary N) is 1. The highest BCUT2D eigenvalue weighted by atomic mass is 16.5. The lowest BCUT2D eigenvalue weighted by Crippen LogP contribution is -2.64. The molecule has 4 heteroatoms. The molecule has 0 aromatic rings. The van der Waals surface area contributed by atoms with E-state index in [4.69, 9.17) is 10.5 Å². The first-order chi connectivity index (χ1) is 7.04. The van der Waals surface area contributed by atoms with Crippen molar-refractivity contribution in [2.24, 2.45) is 5.73 Å². The summed E-state index contributed by atoms with van der Waals surface area (Å²) in [6, 6.07) is 0. The first-order valence-electron chi connectivity index (χ1n) is 5.73. The molecule has 1 aliphatic heterocycles. The molecule has 86 valence electrons. The highest BCUT2D eigenvalue weighted by molar-refractivity contribution is 5.87. The molecule has 1 heterocycles. The Hall–Kier alpha value is -0.610. The highest BCUT2D eigenvalue weighted by Crippen LogP contribution is 2.30. The van der Waals surface area contributed by atoms with Crippen molar-refractivity contribution in [1.29, 1.82) is 0 Å². The summed E-state index contributed by atoms with van der Waals surface area (Å²) in [7, 11) is 0. The lowest BCUT2D eigenvalue weighted by Gasteiger charge is -2.41. The van der Waals surface area contributed by atoms with Crippen LogP contribution in [0.4, 0.5) is 0 Å². The molecule has 2 rings (SSSR count). The van der Waals surface area contributed by atoms with Crippen LogP contribution in [0.25, 0.3) is 0 Å². The van der Waals surface area contributed by atoms with Gasteiger partial charge in [-0.3, -0.25) is 4.79 Å². The Kier molecular flexibility index (Phi) is 2.73. The van der Waals surface area contributed by atoms with E-state index in [1.807, 2.05) is 6.92 Å². The van der Waals surface area contributed by atoms with Gasteiger partial charge in [-0.15, -0.1) is 0 Å². The SMILES string of the molecule is CC1(NC(=O)C2(N)CCC2)CCCOC1. The van der Waals surface area contributed by atoms with Crippen LogP contribution in [0.1, 0.15) is 39.0 Å². The molecule has 2 fully saturated rings. The van der Waals surface area contributed by atoms with E-state index in [9.17, 15) is 4.79 Å². The molecule has 1 aliphatic carbocycles.